The maximum Gasteiger partial charge on any atom is 0.378 e. The first-order valence-electron chi connectivity index (χ1n) is 8.61. The van der Waals surface area contributed by atoms with Gasteiger partial charge in [-0.2, -0.15) is 4.98 Å². The lowest BCUT2D eigenvalue weighted by molar-refractivity contribution is -0.125. The molecule has 0 radical (unpaired) electrons. The first-order valence-corrected chi connectivity index (χ1v) is 8.61. The molecule has 1 aliphatic rings. The quantitative estimate of drug-likeness (QED) is 0.845. The summed E-state index contributed by atoms with van der Waals surface area (Å²) in [5.74, 6) is -0.328. The fourth-order valence-corrected chi connectivity index (χ4v) is 3.23. The van der Waals surface area contributed by atoms with Crippen LogP contribution in [0, 0.1) is 19.8 Å². The molecule has 1 aliphatic carbocycles. The zero-order valence-corrected chi connectivity index (χ0v) is 14.8. The lowest BCUT2D eigenvalue weighted by Gasteiger charge is -2.29. The van der Waals surface area contributed by atoms with Gasteiger partial charge in [0.2, 0.25) is 0 Å². The number of hydrogen-bond acceptors (Lipinski definition) is 6. The van der Waals surface area contributed by atoms with Crippen molar-refractivity contribution in [3.8, 4) is 0 Å². The number of esters is 1. The maximum atomic E-state index is 12.1. The van der Waals surface area contributed by atoms with Crippen LogP contribution in [0.1, 0.15) is 54.6 Å². The third-order valence-corrected chi connectivity index (χ3v) is 4.59. The minimum absolute atomic E-state index is 0.0972. The normalized spacial score (nSPS) is 20.4. The summed E-state index contributed by atoms with van der Waals surface area (Å²) in [6.45, 7) is 5.50. The van der Waals surface area contributed by atoms with E-state index in [1.807, 2.05) is 19.9 Å². The number of aryl methyl sites for hydroxylation is 2. The molecule has 25 heavy (non-hydrogen) atoms. The monoisotopic (exact) mass is 345 g/mol. The molecule has 0 unspecified atom stereocenters. The molecule has 0 aromatic carbocycles. The highest BCUT2D eigenvalue weighted by atomic mass is 16.5. The standard InChI is InChI=1S/C17H23N5O3/c1-10-6-4-5-7-13(10)19-14(23)9-25-16(24)15-20-17-18-11(2)8-12(3)22(17)21-15/h8,10,13H,4-7,9H2,1-3H3,(H,19,23)/t10-,13-/m1/s1. The second kappa shape index (κ2) is 7.16. The molecule has 1 fully saturated rings. The SMILES string of the molecule is Cc1cc(C)n2nc(C(=O)OCC(=O)N[C@@H]3CCCC[C@H]3C)nc2n1. The molecule has 2 aromatic rings. The van der Waals surface area contributed by atoms with E-state index in [9.17, 15) is 9.59 Å². The second-order valence-electron chi connectivity index (χ2n) is 6.70. The van der Waals surface area contributed by atoms with E-state index >= 15 is 0 Å². The van der Waals surface area contributed by atoms with Crippen molar-refractivity contribution in [2.45, 2.75) is 52.5 Å². The van der Waals surface area contributed by atoms with Gasteiger partial charge in [-0.25, -0.2) is 14.3 Å². The van der Waals surface area contributed by atoms with Gasteiger partial charge >= 0.3 is 5.97 Å². The number of ether oxygens (including phenoxy) is 1. The summed E-state index contributed by atoms with van der Waals surface area (Å²) in [6.07, 6.45) is 4.40. The number of fused-ring (bicyclic) bond motifs is 1. The summed E-state index contributed by atoms with van der Waals surface area (Å²) in [5, 5.41) is 7.04. The van der Waals surface area contributed by atoms with Gasteiger partial charge in [-0.15, -0.1) is 5.10 Å². The number of rotatable bonds is 4. The molecule has 1 N–H and O–H groups in total. The fourth-order valence-electron chi connectivity index (χ4n) is 3.23. The number of carbonyl (C=O) groups is 2. The topological polar surface area (TPSA) is 98.5 Å². The molecule has 2 heterocycles. The van der Waals surface area contributed by atoms with Gasteiger partial charge in [-0.05, 0) is 38.7 Å². The smallest absolute Gasteiger partial charge is 0.378 e. The zero-order chi connectivity index (χ0) is 18.0. The van der Waals surface area contributed by atoms with E-state index in [-0.39, 0.29) is 24.4 Å². The van der Waals surface area contributed by atoms with Crippen molar-refractivity contribution in [3.63, 3.8) is 0 Å². The van der Waals surface area contributed by atoms with Crippen LogP contribution in [0.3, 0.4) is 0 Å². The summed E-state index contributed by atoms with van der Waals surface area (Å²) in [5.41, 5.74) is 1.61. The number of amides is 1. The van der Waals surface area contributed by atoms with E-state index in [2.05, 4.69) is 27.3 Å². The van der Waals surface area contributed by atoms with E-state index in [4.69, 9.17) is 4.74 Å². The Bertz CT molecular complexity index is 801. The predicted molar refractivity (Wildman–Crippen MR) is 90.1 cm³/mol. The van der Waals surface area contributed by atoms with Crippen LogP contribution in [0.2, 0.25) is 0 Å². The van der Waals surface area contributed by atoms with Crippen molar-refractivity contribution in [2.24, 2.45) is 5.92 Å². The van der Waals surface area contributed by atoms with Crippen molar-refractivity contribution < 1.29 is 14.3 Å². The Labute approximate surface area is 146 Å². The van der Waals surface area contributed by atoms with Crippen molar-refractivity contribution in [1.82, 2.24) is 24.9 Å². The molecule has 2 aromatic heterocycles. The molecular weight excluding hydrogens is 322 g/mol. The highest BCUT2D eigenvalue weighted by molar-refractivity contribution is 5.88. The lowest BCUT2D eigenvalue weighted by atomic mass is 9.86. The van der Waals surface area contributed by atoms with E-state index in [0.717, 1.165) is 30.7 Å². The molecule has 1 amide bonds. The van der Waals surface area contributed by atoms with Gasteiger partial charge in [0, 0.05) is 17.4 Å². The molecule has 8 nitrogen and oxygen atoms in total. The molecule has 2 atom stereocenters. The minimum Gasteiger partial charge on any atom is -0.450 e. The van der Waals surface area contributed by atoms with E-state index < -0.39 is 5.97 Å². The lowest BCUT2D eigenvalue weighted by Crippen LogP contribution is -2.42. The van der Waals surface area contributed by atoms with Gasteiger partial charge in [0.05, 0.1) is 0 Å². The van der Waals surface area contributed by atoms with Crippen LogP contribution in [-0.2, 0) is 9.53 Å². The molecule has 3 rings (SSSR count). The number of hydrogen-bond donors (Lipinski definition) is 1. The summed E-state index contributed by atoms with van der Waals surface area (Å²) >= 11 is 0. The van der Waals surface area contributed by atoms with E-state index in [1.54, 1.807) is 0 Å². The van der Waals surface area contributed by atoms with Crippen molar-refractivity contribution in [2.75, 3.05) is 6.61 Å². The van der Waals surface area contributed by atoms with E-state index in [0.29, 0.717) is 11.7 Å². The first kappa shape index (κ1) is 17.3. The summed E-state index contributed by atoms with van der Waals surface area (Å²) in [6, 6.07) is 2.00. The number of nitrogens with zero attached hydrogens (tertiary/aromatic N) is 4. The molecule has 134 valence electrons. The van der Waals surface area contributed by atoms with Gasteiger partial charge in [0.1, 0.15) is 0 Å². The number of carbonyl (C=O) groups excluding carboxylic acids is 2. The van der Waals surface area contributed by atoms with Gasteiger partial charge in [-0.1, -0.05) is 19.8 Å². The Balaban J connectivity index is 1.59. The Hall–Kier alpha value is -2.51. The third kappa shape index (κ3) is 3.94. The van der Waals surface area contributed by atoms with Crippen LogP contribution >= 0.6 is 0 Å². The summed E-state index contributed by atoms with van der Waals surface area (Å²) < 4.78 is 6.53. The summed E-state index contributed by atoms with van der Waals surface area (Å²) in [4.78, 5) is 32.4. The van der Waals surface area contributed by atoms with Gasteiger partial charge in [-0.3, -0.25) is 4.79 Å². The van der Waals surface area contributed by atoms with Crippen molar-refractivity contribution in [1.29, 1.82) is 0 Å². The van der Waals surface area contributed by atoms with Crippen LogP contribution < -0.4 is 5.32 Å². The predicted octanol–water partition coefficient (Wildman–Crippen LogP) is 1.59. The average Bonchev–Trinajstić information content (AvgIpc) is 2.99. The minimum atomic E-state index is -0.727. The second-order valence-corrected chi connectivity index (χ2v) is 6.70. The zero-order valence-electron chi connectivity index (χ0n) is 14.8. The molecule has 0 spiro atoms. The number of nitrogens with one attached hydrogen (secondary N) is 1. The first-order chi connectivity index (χ1) is 11.9. The van der Waals surface area contributed by atoms with Crippen LogP contribution in [0.4, 0.5) is 0 Å². The molecule has 0 aliphatic heterocycles. The average molecular weight is 345 g/mol. The third-order valence-electron chi connectivity index (χ3n) is 4.59. The Morgan fingerprint density at radius 1 is 1.28 bits per heavy atom. The Morgan fingerprint density at radius 3 is 2.80 bits per heavy atom. The highest BCUT2D eigenvalue weighted by Gasteiger charge is 2.24. The molecule has 1 saturated carbocycles. The Kier molecular flexibility index (Phi) is 4.96. The van der Waals surface area contributed by atoms with Gasteiger partial charge in [0.15, 0.2) is 6.61 Å². The molecule has 0 saturated heterocycles. The van der Waals surface area contributed by atoms with Crippen molar-refractivity contribution >= 4 is 17.7 Å². The van der Waals surface area contributed by atoms with Crippen LogP contribution in [0.25, 0.3) is 5.78 Å². The molecule has 8 heteroatoms. The maximum absolute atomic E-state index is 12.1. The van der Waals surface area contributed by atoms with Crippen molar-refractivity contribution in [3.05, 3.63) is 23.3 Å². The van der Waals surface area contributed by atoms with E-state index in [1.165, 1.54) is 10.9 Å². The largest absolute Gasteiger partial charge is 0.450 e. The van der Waals surface area contributed by atoms with Gasteiger partial charge in [0.25, 0.3) is 17.5 Å². The Morgan fingerprint density at radius 2 is 2.04 bits per heavy atom. The number of aromatic nitrogens is 4. The van der Waals surface area contributed by atoms with Crippen LogP contribution in [-0.4, -0.2) is 44.1 Å². The molecule has 0 bridgehead atoms. The highest BCUT2D eigenvalue weighted by Crippen LogP contribution is 2.23. The fraction of sp³-hybridized carbons (Fsp3) is 0.588. The van der Waals surface area contributed by atoms with Crippen LogP contribution in [0.15, 0.2) is 6.07 Å². The summed E-state index contributed by atoms with van der Waals surface area (Å²) in [7, 11) is 0. The molecular formula is C17H23N5O3. The van der Waals surface area contributed by atoms with Gasteiger partial charge < -0.3 is 10.1 Å². The van der Waals surface area contributed by atoms with Crippen LogP contribution in [0.5, 0.6) is 0 Å².